The van der Waals surface area contributed by atoms with E-state index in [0.717, 1.165) is 32.0 Å². The van der Waals surface area contributed by atoms with Crippen LogP contribution in [0.2, 0.25) is 0 Å². The summed E-state index contributed by atoms with van der Waals surface area (Å²) in [5, 5.41) is 0. The van der Waals surface area contributed by atoms with Crippen LogP contribution in [0.3, 0.4) is 0 Å². The standard InChI is InChI=1S/C14H20O2/c1-12-4-6-13(7-5-12)16-9-3-8-14(2)10-15-11-14/h4-7H,3,8-11H2,1-2H3. The summed E-state index contributed by atoms with van der Waals surface area (Å²) in [5.74, 6) is 0.973. The van der Waals surface area contributed by atoms with Crippen molar-refractivity contribution in [3.8, 4) is 5.75 Å². The van der Waals surface area contributed by atoms with Crippen LogP contribution in [0.25, 0.3) is 0 Å². The van der Waals surface area contributed by atoms with Crippen molar-refractivity contribution in [1.82, 2.24) is 0 Å². The van der Waals surface area contributed by atoms with Crippen LogP contribution in [0.15, 0.2) is 24.3 Å². The lowest BCUT2D eigenvalue weighted by Gasteiger charge is -2.38. The minimum atomic E-state index is 0.413. The van der Waals surface area contributed by atoms with Crippen LogP contribution in [0, 0.1) is 12.3 Å². The molecule has 0 N–H and O–H groups in total. The van der Waals surface area contributed by atoms with Gasteiger partial charge in [-0.05, 0) is 31.9 Å². The Morgan fingerprint density at radius 2 is 1.94 bits per heavy atom. The van der Waals surface area contributed by atoms with Crippen molar-refractivity contribution in [2.45, 2.75) is 26.7 Å². The average molecular weight is 220 g/mol. The Kier molecular flexibility index (Phi) is 3.49. The molecule has 1 aromatic carbocycles. The van der Waals surface area contributed by atoms with E-state index in [1.54, 1.807) is 0 Å². The van der Waals surface area contributed by atoms with Gasteiger partial charge in [-0.25, -0.2) is 0 Å². The number of ether oxygens (including phenoxy) is 2. The van der Waals surface area contributed by atoms with E-state index < -0.39 is 0 Å². The van der Waals surface area contributed by atoms with E-state index in [0.29, 0.717) is 5.41 Å². The molecule has 88 valence electrons. The Bertz CT molecular complexity index is 325. The monoisotopic (exact) mass is 220 g/mol. The molecule has 0 aliphatic carbocycles. The summed E-state index contributed by atoms with van der Waals surface area (Å²) >= 11 is 0. The van der Waals surface area contributed by atoms with Crippen molar-refractivity contribution in [3.05, 3.63) is 29.8 Å². The molecule has 2 rings (SSSR count). The smallest absolute Gasteiger partial charge is 0.119 e. The molecule has 0 amide bonds. The van der Waals surface area contributed by atoms with Crippen molar-refractivity contribution in [1.29, 1.82) is 0 Å². The van der Waals surface area contributed by atoms with E-state index in [-0.39, 0.29) is 0 Å². The zero-order valence-corrected chi connectivity index (χ0v) is 10.2. The highest BCUT2D eigenvalue weighted by Crippen LogP contribution is 2.31. The van der Waals surface area contributed by atoms with Crippen LogP contribution < -0.4 is 4.74 Å². The molecule has 1 heterocycles. The molecular weight excluding hydrogens is 200 g/mol. The first-order valence-electron chi connectivity index (χ1n) is 5.95. The zero-order valence-electron chi connectivity index (χ0n) is 10.2. The second-order valence-electron chi connectivity index (χ2n) is 5.07. The predicted octanol–water partition coefficient (Wildman–Crippen LogP) is 3.19. The van der Waals surface area contributed by atoms with Gasteiger partial charge < -0.3 is 9.47 Å². The predicted molar refractivity (Wildman–Crippen MR) is 64.8 cm³/mol. The van der Waals surface area contributed by atoms with Crippen LogP contribution in [0.5, 0.6) is 5.75 Å². The van der Waals surface area contributed by atoms with E-state index in [4.69, 9.17) is 9.47 Å². The summed E-state index contributed by atoms with van der Waals surface area (Å²) in [6.45, 7) is 7.00. The molecule has 1 aliphatic rings. The maximum Gasteiger partial charge on any atom is 0.119 e. The highest BCUT2D eigenvalue weighted by atomic mass is 16.5. The van der Waals surface area contributed by atoms with Crippen molar-refractivity contribution in [2.75, 3.05) is 19.8 Å². The van der Waals surface area contributed by atoms with Gasteiger partial charge in [0.1, 0.15) is 5.75 Å². The molecule has 0 aromatic heterocycles. The number of rotatable bonds is 5. The van der Waals surface area contributed by atoms with E-state index in [1.807, 2.05) is 12.1 Å². The lowest BCUT2D eigenvalue weighted by Crippen LogP contribution is -2.39. The first-order chi connectivity index (χ1) is 7.68. The van der Waals surface area contributed by atoms with Crippen LogP contribution in [0.4, 0.5) is 0 Å². The maximum absolute atomic E-state index is 5.68. The van der Waals surface area contributed by atoms with Gasteiger partial charge in [-0.3, -0.25) is 0 Å². The molecule has 1 saturated heterocycles. The molecule has 0 radical (unpaired) electrons. The van der Waals surface area contributed by atoms with Gasteiger partial charge in [-0.1, -0.05) is 24.6 Å². The largest absolute Gasteiger partial charge is 0.494 e. The van der Waals surface area contributed by atoms with Gasteiger partial charge >= 0.3 is 0 Å². The molecule has 1 fully saturated rings. The normalized spacial score (nSPS) is 17.9. The third-order valence-electron chi connectivity index (χ3n) is 3.12. The Balaban J connectivity index is 1.66. The molecule has 0 atom stereocenters. The Labute approximate surface area is 97.6 Å². The van der Waals surface area contributed by atoms with Crippen LogP contribution in [-0.2, 0) is 4.74 Å². The minimum absolute atomic E-state index is 0.413. The summed E-state index contributed by atoms with van der Waals surface area (Å²) in [5.41, 5.74) is 1.68. The molecule has 16 heavy (non-hydrogen) atoms. The lowest BCUT2D eigenvalue weighted by molar-refractivity contribution is -0.107. The van der Waals surface area contributed by atoms with E-state index in [1.165, 1.54) is 12.0 Å². The third-order valence-corrected chi connectivity index (χ3v) is 3.12. The summed E-state index contributed by atoms with van der Waals surface area (Å²) in [6.07, 6.45) is 2.30. The van der Waals surface area contributed by atoms with Crippen LogP contribution in [0.1, 0.15) is 25.3 Å². The number of hydrogen-bond acceptors (Lipinski definition) is 2. The molecule has 1 aromatic rings. The quantitative estimate of drug-likeness (QED) is 0.709. The van der Waals surface area contributed by atoms with Crippen molar-refractivity contribution in [3.63, 3.8) is 0 Å². The fourth-order valence-corrected chi connectivity index (χ4v) is 1.92. The second-order valence-corrected chi connectivity index (χ2v) is 5.07. The molecule has 0 saturated carbocycles. The van der Waals surface area contributed by atoms with Gasteiger partial charge in [0.2, 0.25) is 0 Å². The van der Waals surface area contributed by atoms with Gasteiger partial charge in [-0.2, -0.15) is 0 Å². The first-order valence-corrected chi connectivity index (χ1v) is 5.95. The Hall–Kier alpha value is -1.02. The highest BCUT2D eigenvalue weighted by Gasteiger charge is 2.32. The lowest BCUT2D eigenvalue weighted by atomic mass is 9.84. The van der Waals surface area contributed by atoms with Gasteiger partial charge in [0.15, 0.2) is 0 Å². The fourth-order valence-electron chi connectivity index (χ4n) is 1.92. The highest BCUT2D eigenvalue weighted by molar-refractivity contribution is 5.26. The molecule has 0 unspecified atom stereocenters. The summed E-state index contributed by atoms with van der Waals surface area (Å²) in [7, 11) is 0. The van der Waals surface area contributed by atoms with Gasteiger partial charge in [0.25, 0.3) is 0 Å². The SMILES string of the molecule is Cc1ccc(OCCCC2(C)COC2)cc1. The van der Waals surface area contributed by atoms with Gasteiger partial charge in [-0.15, -0.1) is 0 Å². The Morgan fingerprint density at radius 1 is 1.25 bits per heavy atom. The minimum Gasteiger partial charge on any atom is -0.494 e. The zero-order chi connectivity index (χ0) is 11.4. The maximum atomic E-state index is 5.68. The number of hydrogen-bond donors (Lipinski definition) is 0. The topological polar surface area (TPSA) is 18.5 Å². The molecule has 2 heteroatoms. The van der Waals surface area contributed by atoms with E-state index >= 15 is 0 Å². The molecular formula is C14H20O2. The molecule has 0 spiro atoms. The Morgan fingerprint density at radius 3 is 2.50 bits per heavy atom. The van der Waals surface area contributed by atoms with E-state index in [2.05, 4.69) is 26.0 Å². The number of benzene rings is 1. The first kappa shape index (κ1) is 11.5. The van der Waals surface area contributed by atoms with Crippen molar-refractivity contribution < 1.29 is 9.47 Å². The molecule has 2 nitrogen and oxygen atoms in total. The van der Waals surface area contributed by atoms with Crippen LogP contribution in [-0.4, -0.2) is 19.8 Å². The average Bonchev–Trinajstić information content (AvgIpc) is 2.24. The molecule has 0 bridgehead atoms. The van der Waals surface area contributed by atoms with Crippen LogP contribution >= 0.6 is 0 Å². The van der Waals surface area contributed by atoms with Gasteiger partial charge in [0, 0.05) is 5.41 Å². The summed E-state index contributed by atoms with van der Waals surface area (Å²) in [6, 6.07) is 8.22. The third kappa shape index (κ3) is 2.99. The summed E-state index contributed by atoms with van der Waals surface area (Å²) in [4.78, 5) is 0. The van der Waals surface area contributed by atoms with Gasteiger partial charge in [0.05, 0.1) is 19.8 Å². The van der Waals surface area contributed by atoms with Crippen molar-refractivity contribution in [2.24, 2.45) is 5.41 Å². The number of aryl methyl sites for hydroxylation is 1. The fraction of sp³-hybridized carbons (Fsp3) is 0.571. The molecule has 1 aliphatic heterocycles. The second kappa shape index (κ2) is 4.88. The summed E-state index contributed by atoms with van der Waals surface area (Å²) < 4.78 is 10.9. The van der Waals surface area contributed by atoms with Crippen molar-refractivity contribution >= 4 is 0 Å². The van der Waals surface area contributed by atoms with E-state index in [9.17, 15) is 0 Å².